The quantitative estimate of drug-likeness (QED) is 0.906. The summed E-state index contributed by atoms with van der Waals surface area (Å²) in [6.45, 7) is 5.87. The van der Waals surface area contributed by atoms with Gasteiger partial charge in [0.25, 0.3) is 0 Å². The van der Waals surface area contributed by atoms with Crippen LogP contribution in [0.15, 0.2) is 36.4 Å². The first-order valence-corrected chi connectivity index (χ1v) is 6.90. The summed E-state index contributed by atoms with van der Waals surface area (Å²) in [7, 11) is 1.89. The van der Waals surface area contributed by atoms with Gasteiger partial charge >= 0.3 is 0 Å². The predicted molar refractivity (Wildman–Crippen MR) is 83.6 cm³/mol. The van der Waals surface area contributed by atoms with Crippen LogP contribution in [0.1, 0.15) is 25.2 Å². The molecular formula is C16H19ClN2O. The zero-order valence-electron chi connectivity index (χ0n) is 12.2. The van der Waals surface area contributed by atoms with Crippen LogP contribution in [0.25, 0.3) is 0 Å². The molecule has 0 bridgehead atoms. The minimum absolute atomic E-state index is 0.593. The SMILES string of the molecule is CNc1ccc(OC(C)(C)c2nc(C)ccc2Cl)cc1. The largest absolute Gasteiger partial charge is 0.481 e. The van der Waals surface area contributed by atoms with E-state index in [0.29, 0.717) is 5.02 Å². The molecular weight excluding hydrogens is 272 g/mol. The molecule has 0 amide bonds. The van der Waals surface area contributed by atoms with Gasteiger partial charge in [-0.3, -0.25) is 4.98 Å². The summed E-state index contributed by atoms with van der Waals surface area (Å²) in [5.41, 5.74) is 2.12. The lowest BCUT2D eigenvalue weighted by Gasteiger charge is -2.27. The molecule has 2 aromatic rings. The average molecular weight is 291 g/mol. The summed E-state index contributed by atoms with van der Waals surface area (Å²) >= 11 is 6.24. The van der Waals surface area contributed by atoms with E-state index in [4.69, 9.17) is 16.3 Å². The molecule has 106 valence electrons. The van der Waals surface area contributed by atoms with Gasteiger partial charge in [0.15, 0.2) is 0 Å². The van der Waals surface area contributed by atoms with Crippen LogP contribution in [0.3, 0.4) is 0 Å². The van der Waals surface area contributed by atoms with Crippen LogP contribution >= 0.6 is 11.6 Å². The molecule has 0 saturated heterocycles. The van der Waals surface area contributed by atoms with Gasteiger partial charge in [0.05, 0.1) is 5.02 Å². The number of aromatic nitrogens is 1. The smallest absolute Gasteiger partial charge is 0.147 e. The van der Waals surface area contributed by atoms with Gasteiger partial charge in [-0.25, -0.2) is 0 Å². The van der Waals surface area contributed by atoms with E-state index in [2.05, 4.69) is 10.3 Å². The summed E-state index contributed by atoms with van der Waals surface area (Å²) in [5.74, 6) is 0.786. The van der Waals surface area contributed by atoms with Gasteiger partial charge in [0.2, 0.25) is 0 Å². The number of nitrogens with zero attached hydrogens (tertiary/aromatic N) is 1. The maximum absolute atomic E-state index is 6.24. The number of benzene rings is 1. The molecule has 0 saturated carbocycles. The molecule has 0 fully saturated rings. The first-order chi connectivity index (χ1) is 9.42. The fourth-order valence-electron chi connectivity index (χ4n) is 1.99. The molecule has 1 heterocycles. The fraction of sp³-hybridized carbons (Fsp3) is 0.312. The van der Waals surface area contributed by atoms with Crippen LogP contribution in [0.5, 0.6) is 5.75 Å². The van der Waals surface area contributed by atoms with E-state index in [9.17, 15) is 0 Å². The second kappa shape index (κ2) is 5.71. The van der Waals surface area contributed by atoms with Crippen molar-refractivity contribution in [2.24, 2.45) is 0 Å². The molecule has 2 rings (SSSR count). The molecule has 3 nitrogen and oxygen atoms in total. The van der Waals surface area contributed by atoms with Gasteiger partial charge in [-0.05, 0) is 57.2 Å². The van der Waals surface area contributed by atoms with Crippen LogP contribution in [-0.4, -0.2) is 12.0 Å². The van der Waals surface area contributed by atoms with Crippen molar-refractivity contribution in [2.45, 2.75) is 26.4 Å². The van der Waals surface area contributed by atoms with Crippen molar-refractivity contribution in [3.05, 3.63) is 52.8 Å². The van der Waals surface area contributed by atoms with Crippen LogP contribution in [-0.2, 0) is 5.60 Å². The summed E-state index contributed by atoms with van der Waals surface area (Å²) in [4.78, 5) is 4.50. The van der Waals surface area contributed by atoms with Gasteiger partial charge in [-0.2, -0.15) is 0 Å². The second-order valence-electron chi connectivity index (χ2n) is 5.17. The Bertz CT molecular complexity index is 594. The number of nitrogens with one attached hydrogen (secondary N) is 1. The predicted octanol–water partition coefficient (Wildman–Crippen LogP) is 4.40. The summed E-state index contributed by atoms with van der Waals surface area (Å²) in [5, 5.41) is 3.69. The number of hydrogen-bond acceptors (Lipinski definition) is 3. The Labute approximate surface area is 124 Å². The van der Waals surface area contributed by atoms with Crippen molar-refractivity contribution in [3.8, 4) is 5.75 Å². The molecule has 4 heteroatoms. The lowest BCUT2D eigenvalue weighted by molar-refractivity contribution is 0.104. The van der Waals surface area contributed by atoms with E-state index >= 15 is 0 Å². The van der Waals surface area contributed by atoms with Gasteiger partial charge in [0.1, 0.15) is 17.0 Å². The van der Waals surface area contributed by atoms with Crippen molar-refractivity contribution in [2.75, 3.05) is 12.4 Å². The Balaban J connectivity index is 2.27. The van der Waals surface area contributed by atoms with E-state index < -0.39 is 5.60 Å². The highest BCUT2D eigenvalue weighted by Gasteiger charge is 2.27. The molecule has 0 aliphatic carbocycles. The molecule has 0 aliphatic heterocycles. The summed E-state index contributed by atoms with van der Waals surface area (Å²) in [6, 6.07) is 11.5. The van der Waals surface area contributed by atoms with Crippen LogP contribution in [0.2, 0.25) is 5.02 Å². The normalized spacial score (nSPS) is 11.2. The number of rotatable bonds is 4. The van der Waals surface area contributed by atoms with Crippen LogP contribution in [0, 0.1) is 6.92 Å². The van der Waals surface area contributed by atoms with E-state index in [1.807, 2.05) is 64.2 Å². The van der Waals surface area contributed by atoms with Crippen LogP contribution < -0.4 is 10.1 Å². The third-order valence-electron chi connectivity index (χ3n) is 3.07. The maximum atomic E-state index is 6.24. The Kier molecular flexibility index (Phi) is 4.19. The van der Waals surface area contributed by atoms with Crippen molar-refractivity contribution in [1.82, 2.24) is 4.98 Å². The number of halogens is 1. The lowest BCUT2D eigenvalue weighted by atomic mass is 10.0. The molecule has 1 N–H and O–H groups in total. The first-order valence-electron chi connectivity index (χ1n) is 6.53. The average Bonchev–Trinajstić information content (AvgIpc) is 2.42. The minimum Gasteiger partial charge on any atom is -0.481 e. The van der Waals surface area contributed by atoms with Gasteiger partial charge in [-0.1, -0.05) is 11.6 Å². The second-order valence-corrected chi connectivity index (χ2v) is 5.58. The molecule has 0 atom stereocenters. The van der Waals surface area contributed by atoms with Gasteiger partial charge in [-0.15, -0.1) is 0 Å². The van der Waals surface area contributed by atoms with E-state index in [0.717, 1.165) is 22.8 Å². The third-order valence-corrected chi connectivity index (χ3v) is 3.38. The standard InChI is InChI=1S/C16H19ClN2O/c1-11-5-10-14(17)15(19-11)16(2,3)20-13-8-6-12(18-4)7-9-13/h5-10,18H,1-4H3. The monoisotopic (exact) mass is 290 g/mol. The summed E-state index contributed by atoms with van der Waals surface area (Å²) in [6.07, 6.45) is 0. The Morgan fingerprint density at radius 3 is 2.35 bits per heavy atom. The van der Waals surface area contributed by atoms with Crippen molar-refractivity contribution in [1.29, 1.82) is 0 Å². The Hall–Kier alpha value is -1.74. The highest BCUT2D eigenvalue weighted by molar-refractivity contribution is 6.31. The summed E-state index contributed by atoms with van der Waals surface area (Å²) < 4.78 is 6.05. The molecule has 0 unspecified atom stereocenters. The van der Waals surface area contributed by atoms with Gasteiger partial charge in [0, 0.05) is 18.4 Å². The minimum atomic E-state index is -0.593. The zero-order chi connectivity index (χ0) is 14.8. The Morgan fingerprint density at radius 1 is 1.10 bits per heavy atom. The third kappa shape index (κ3) is 3.23. The number of anilines is 1. The van der Waals surface area contributed by atoms with Crippen molar-refractivity contribution < 1.29 is 4.74 Å². The van der Waals surface area contributed by atoms with Crippen molar-refractivity contribution in [3.63, 3.8) is 0 Å². The number of ether oxygens (including phenoxy) is 1. The first kappa shape index (κ1) is 14.7. The molecule has 0 aliphatic rings. The number of aryl methyl sites for hydroxylation is 1. The van der Waals surface area contributed by atoms with Crippen molar-refractivity contribution >= 4 is 17.3 Å². The topological polar surface area (TPSA) is 34.1 Å². The molecule has 1 aromatic carbocycles. The zero-order valence-corrected chi connectivity index (χ0v) is 13.0. The molecule has 20 heavy (non-hydrogen) atoms. The number of hydrogen-bond donors (Lipinski definition) is 1. The number of pyridine rings is 1. The highest BCUT2D eigenvalue weighted by Crippen LogP contribution is 2.31. The molecule has 0 spiro atoms. The maximum Gasteiger partial charge on any atom is 0.147 e. The Morgan fingerprint density at radius 2 is 1.75 bits per heavy atom. The van der Waals surface area contributed by atoms with E-state index in [1.54, 1.807) is 0 Å². The molecule has 0 radical (unpaired) electrons. The van der Waals surface area contributed by atoms with Crippen LogP contribution in [0.4, 0.5) is 5.69 Å². The lowest BCUT2D eigenvalue weighted by Crippen LogP contribution is -2.27. The van der Waals surface area contributed by atoms with Gasteiger partial charge < -0.3 is 10.1 Å². The van der Waals surface area contributed by atoms with E-state index in [1.165, 1.54) is 0 Å². The van der Waals surface area contributed by atoms with E-state index in [-0.39, 0.29) is 0 Å². The highest BCUT2D eigenvalue weighted by atomic mass is 35.5. The fourth-order valence-corrected chi connectivity index (χ4v) is 2.33. The molecule has 1 aromatic heterocycles.